The second kappa shape index (κ2) is 7.48. The van der Waals surface area contributed by atoms with E-state index in [1.54, 1.807) is 43.3 Å². The van der Waals surface area contributed by atoms with E-state index in [4.69, 9.17) is 0 Å². The lowest BCUT2D eigenvalue weighted by Crippen LogP contribution is -2.29. The largest absolute Gasteiger partial charge is 0.507 e. The lowest BCUT2D eigenvalue weighted by atomic mass is 9.95. The van der Waals surface area contributed by atoms with Crippen LogP contribution >= 0.6 is 11.3 Å². The number of non-ortho nitro benzene ring substituents is 1. The summed E-state index contributed by atoms with van der Waals surface area (Å²) in [5.74, 6) is -2.16. The van der Waals surface area contributed by atoms with Crippen LogP contribution < -0.4 is 4.90 Å². The topological polar surface area (TPSA) is 127 Å². The molecule has 1 aromatic heterocycles. The van der Waals surface area contributed by atoms with Gasteiger partial charge in [0.2, 0.25) is 5.13 Å². The van der Waals surface area contributed by atoms with Crippen molar-refractivity contribution in [3.63, 3.8) is 0 Å². The maximum Gasteiger partial charge on any atom is 0.301 e. The molecule has 0 spiro atoms. The van der Waals surface area contributed by atoms with E-state index >= 15 is 0 Å². The molecule has 1 atom stereocenters. The maximum absolute atomic E-state index is 12.9. The Kier molecular flexibility index (Phi) is 4.84. The van der Waals surface area contributed by atoms with Gasteiger partial charge >= 0.3 is 5.91 Å². The number of aliphatic hydroxyl groups excluding tert-OH is 1. The van der Waals surface area contributed by atoms with Crippen LogP contribution in [0.2, 0.25) is 0 Å². The SMILES string of the molecule is Cc1nnc(N2C(=O)C(=O)C(=C(O)c3ccccc3)[C@@H]2c2cccc([N+](=O)[O-])c2)s1. The first-order chi connectivity index (χ1) is 14.4. The molecule has 2 aromatic carbocycles. The zero-order valence-corrected chi connectivity index (χ0v) is 16.4. The molecule has 9 nitrogen and oxygen atoms in total. The van der Waals surface area contributed by atoms with Crippen LogP contribution in [0, 0.1) is 17.0 Å². The van der Waals surface area contributed by atoms with E-state index in [-0.39, 0.29) is 22.2 Å². The molecule has 0 radical (unpaired) electrons. The zero-order valence-electron chi connectivity index (χ0n) is 15.6. The second-order valence-electron chi connectivity index (χ2n) is 6.49. The Bertz CT molecular complexity index is 1200. The van der Waals surface area contributed by atoms with Crippen LogP contribution in [-0.4, -0.2) is 31.9 Å². The van der Waals surface area contributed by atoms with Crippen molar-refractivity contribution in [3.8, 4) is 0 Å². The fourth-order valence-electron chi connectivity index (χ4n) is 3.29. The average molecular weight is 422 g/mol. The zero-order chi connectivity index (χ0) is 21.4. The first-order valence-electron chi connectivity index (χ1n) is 8.79. The smallest absolute Gasteiger partial charge is 0.301 e. The average Bonchev–Trinajstić information content (AvgIpc) is 3.29. The van der Waals surface area contributed by atoms with E-state index in [2.05, 4.69) is 10.2 Å². The van der Waals surface area contributed by atoms with Gasteiger partial charge in [0.05, 0.1) is 16.5 Å². The summed E-state index contributed by atoms with van der Waals surface area (Å²) in [6, 6.07) is 12.8. The van der Waals surface area contributed by atoms with Gasteiger partial charge in [-0.3, -0.25) is 24.6 Å². The van der Waals surface area contributed by atoms with Crippen LogP contribution in [0.3, 0.4) is 0 Å². The molecule has 2 heterocycles. The van der Waals surface area contributed by atoms with Gasteiger partial charge in [0, 0.05) is 17.7 Å². The number of hydrogen-bond donors (Lipinski definition) is 1. The van der Waals surface area contributed by atoms with Crippen molar-refractivity contribution in [1.29, 1.82) is 0 Å². The summed E-state index contributed by atoms with van der Waals surface area (Å²) in [6.45, 7) is 1.70. The summed E-state index contributed by atoms with van der Waals surface area (Å²) in [5, 5.41) is 30.8. The molecule has 0 saturated carbocycles. The summed E-state index contributed by atoms with van der Waals surface area (Å²) in [5.41, 5.74) is 0.277. The number of carbonyl (C=O) groups is 2. The third kappa shape index (κ3) is 3.22. The van der Waals surface area contributed by atoms with E-state index in [0.717, 1.165) is 16.2 Å². The molecule has 30 heavy (non-hydrogen) atoms. The Morgan fingerprint density at radius 1 is 1.13 bits per heavy atom. The number of nitro groups is 1. The normalized spacial score (nSPS) is 18.0. The van der Waals surface area contributed by atoms with Gasteiger partial charge in [0.1, 0.15) is 10.8 Å². The molecule has 10 heteroatoms. The van der Waals surface area contributed by atoms with Crippen LogP contribution in [0.1, 0.15) is 22.2 Å². The number of benzene rings is 2. The molecule has 1 saturated heterocycles. The number of amides is 1. The Morgan fingerprint density at radius 2 is 1.87 bits per heavy atom. The van der Waals surface area contributed by atoms with E-state index in [1.807, 2.05) is 0 Å². The maximum atomic E-state index is 12.9. The predicted octanol–water partition coefficient (Wildman–Crippen LogP) is 3.38. The van der Waals surface area contributed by atoms with E-state index in [1.165, 1.54) is 18.2 Å². The summed E-state index contributed by atoms with van der Waals surface area (Å²) < 4.78 is 0. The van der Waals surface area contributed by atoms with Gasteiger partial charge < -0.3 is 5.11 Å². The Morgan fingerprint density at radius 3 is 2.50 bits per heavy atom. The minimum absolute atomic E-state index is 0.165. The summed E-state index contributed by atoms with van der Waals surface area (Å²) in [4.78, 5) is 37.6. The number of aryl methyl sites for hydroxylation is 1. The van der Waals surface area contributed by atoms with Gasteiger partial charge in [0.15, 0.2) is 0 Å². The third-order valence-corrected chi connectivity index (χ3v) is 5.45. The lowest BCUT2D eigenvalue weighted by Gasteiger charge is -2.22. The monoisotopic (exact) mass is 422 g/mol. The number of aliphatic hydroxyl groups is 1. The Labute approximate surface area is 174 Å². The van der Waals surface area contributed by atoms with Crippen molar-refractivity contribution in [1.82, 2.24) is 10.2 Å². The van der Waals surface area contributed by atoms with Crippen LogP contribution in [0.4, 0.5) is 10.8 Å². The van der Waals surface area contributed by atoms with E-state index in [0.29, 0.717) is 16.1 Å². The lowest BCUT2D eigenvalue weighted by molar-refractivity contribution is -0.384. The van der Waals surface area contributed by atoms with Gasteiger partial charge in [-0.2, -0.15) is 0 Å². The number of hydrogen-bond acceptors (Lipinski definition) is 8. The molecule has 3 aromatic rings. The van der Waals surface area contributed by atoms with Crippen LogP contribution in [-0.2, 0) is 9.59 Å². The number of ketones is 1. The van der Waals surface area contributed by atoms with Crippen LogP contribution in [0.15, 0.2) is 60.2 Å². The van der Waals surface area contributed by atoms with E-state index in [9.17, 15) is 24.8 Å². The minimum Gasteiger partial charge on any atom is -0.507 e. The number of aromatic nitrogens is 2. The van der Waals surface area contributed by atoms with Crippen molar-refractivity contribution < 1.29 is 19.6 Å². The highest BCUT2D eigenvalue weighted by Gasteiger charge is 2.48. The fraction of sp³-hybridized carbons (Fsp3) is 0.100. The highest BCUT2D eigenvalue weighted by atomic mass is 32.1. The van der Waals surface area contributed by atoms with Gasteiger partial charge in [-0.1, -0.05) is 53.8 Å². The molecular formula is C20H14N4O5S. The first-order valence-corrected chi connectivity index (χ1v) is 9.61. The standard InChI is InChI=1S/C20H14N4O5S/c1-11-21-22-20(30-11)23-16(13-8-5-9-14(10-13)24(28)29)15(18(26)19(23)27)17(25)12-6-3-2-4-7-12/h2-10,16,25H,1H3/t16-/m0/s1. The van der Waals surface area contributed by atoms with Gasteiger partial charge in [-0.25, -0.2) is 0 Å². The van der Waals surface area contributed by atoms with Crippen molar-refractivity contribution in [2.75, 3.05) is 4.90 Å². The molecule has 0 bridgehead atoms. The Balaban J connectivity index is 1.97. The minimum atomic E-state index is -1.09. The van der Waals surface area contributed by atoms with Gasteiger partial charge in [-0.05, 0) is 12.5 Å². The molecule has 1 N–H and O–H groups in total. The molecule has 4 rings (SSSR count). The summed E-state index contributed by atoms with van der Waals surface area (Å²) >= 11 is 1.10. The molecular weight excluding hydrogens is 408 g/mol. The number of Topliss-reactive ketones (excluding diaryl/α,β-unsaturated/α-hetero) is 1. The van der Waals surface area contributed by atoms with Crippen molar-refractivity contribution in [2.24, 2.45) is 0 Å². The molecule has 0 aliphatic carbocycles. The van der Waals surface area contributed by atoms with Crippen molar-refractivity contribution >= 4 is 39.6 Å². The number of anilines is 1. The number of nitrogens with zero attached hydrogens (tertiary/aromatic N) is 4. The van der Waals surface area contributed by atoms with Crippen LogP contribution in [0.25, 0.3) is 5.76 Å². The molecule has 150 valence electrons. The number of carbonyl (C=O) groups excluding carboxylic acids is 2. The predicted molar refractivity (Wildman–Crippen MR) is 109 cm³/mol. The summed E-state index contributed by atoms with van der Waals surface area (Å²) in [6.07, 6.45) is 0. The highest BCUT2D eigenvalue weighted by Crippen LogP contribution is 2.43. The van der Waals surface area contributed by atoms with Gasteiger partial charge in [0.25, 0.3) is 11.5 Å². The van der Waals surface area contributed by atoms with Gasteiger partial charge in [-0.15, -0.1) is 10.2 Å². The number of rotatable bonds is 4. The van der Waals surface area contributed by atoms with E-state index < -0.39 is 22.7 Å². The quantitative estimate of drug-likeness (QED) is 0.224. The summed E-state index contributed by atoms with van der Waals surface area (Å²) in [7, 11) is 0. The van der Waals surface area contributed by atoms with Crippen LogP contribution in [0.5, 0.6) is 0 Å². The second-order valence-corrected chi connectivity index (χ2v) is 7.65. The van der Waals surface area contributed by atoms with Crippen molar-refractivity contribution in [2.45, 2.75) is 13.0 Å². The molecule has 1 aliphatic heterocycles. The molecule has 0 unspecified atom stereocenters. The molecule has 1 aliphatic rings. The molecule has 1 amide bonds. The third-order valence-electron chi connectivity index (χ3n) is 4.61. The number of nitro benzene ring substituents is 1. The molecule has 1 fully saturated rings. The fourth-order valence-corrected chi connectivity index (χ4v) is 4.00. The Hall–Kier alpha value is -3.92. The first kappa shape index (κ1) is 19.4. The highest BCUT2D eigenvalue weighted by molar-refractivity contribution is 7.15. The van der Waals surface area contributed by atoms with Crippen molar-refractivity contribution in [3.05, 3.63) is 86.4 Å².